The normalized spacial score (nSPS) is 18.4. The van der Waals surface area contributed by atoms with Crippen molar-refractivity contribution in [2.75, 3.05) is 11.9 Å². The molecule has 0 saturated carbocycles. The highest BCUT2D eigenvalue weighted by Gasteiger charge is 2.52. The largest absolute Gasteiger partial charge is 0.481 e. The van der Waals surface area contributed by atoms with E-state index in [1.807, 2.05) is 19.1 Å². The molecule has 0 radical (unpaired) electrons. The van der Waals surface area contributed by atoms with Crippen LogP contribution in [-0.4, -0.2) is 40.4 Å². The zero-order valence-electron chi connectivity index (χ0n) is 15.8. The van der Waals surface area contributed by atoms with E-state index < -0.39 is 35.9 Å². The molecule has 4 amide bonds. The van der Waals surface area contributed by atoms with E-state index in [9.17, 15) is 19.2 Å². The van der Waals surface area contributed by atoms with Gasteiger partial charge in [-0.05, 0) is 30.5 Å². The molecule has 1 unspecified atom stereocenters. The number of nitrogens with one attached hydrogen (secondary N) is 2. The van der Waals surface area contributed by atoms with Gasteiger partial charge in [0.2, 0.25) is 5.91 Å². The fourth-order valence-corrected chi connectivity index (χ4v) is 3.34. The van der Waals surface area contributed by atoms with E-state index in [0.29, 0.717) is 11.3 Å². The maximum absolute atomic E-state index is 13.2. The highest BCUT2D eigenvalue weighted by molar-refractivity contribution is 6.10. The molecule has 8 heteroatoms. The van der Waals surface area contributed by atoms with Gasteiger partial charge in [0.05, 0.1) is 0 Å². The molecule has 1 heterocycles. The highest BCUT2D eigenvalue weighted by Crippen LogP contribution is 2.33. The van der Waals surface area contributed by atoms with Crippen LogP contribution in [0, 0.1) is 6.92 Å². The molecule has 0 aliphatic carbocycles. The van der Waals surface area contributed by atoms with Crippen LogP contribution < -0.4 is 10.6 Å². The predicted octanol–water partition coefficient (Wildman–Crippen LogP) is 2.25. The summed E-state index contributed by atoms with van der Waals surface area (Å²) in [5, 5.41) is 14.4. The summed E-state index contributed by atoms with van der Waals surface area (Å²) in [4.78, 5) is 50.1. The summed E-state index contributed by atoms with van der Waals surface area (Å²) < 4.78 is 0. The second kappa shape index (κ2) is 8.14. The number of nitrogens with zero attached hydrogens (tertiary/aromatic N) is 1. The number of hydrogen-bond donors (Lipinski definition) is 3. The zero-order chi connectivity index (χ0) is 21.0. The third kappa shape index (κ3) is 4.11. The van der Waals surface area contributed by atoms with Crippen LogP contribution in [0.15, 0.2) is 54.6 Å². The molecule has 0 spiro atoms. The lowest BCUT2D eigenvalue weighted by molar-refractivity contribution is -0.138. The van der Waals surface area contributed by atoms with Gasteiger partial charge < -0.3 is 15.7 Å². The number of benzene rings is 2. The van der Waals surface area contributed by atoms with E-state index in [1.165, 1.54) is 0 Å². The quantitative estimate of drug-likeness (QED) is 0.622. The van der Waals surface area contributed by atoms with Crippen LogP contribution in [-0.2, 0) is 19.9 Å². The van der Waals surface area contributed by atoms with Crippen LogP contribution in [0.1, 0.15) is 24.0 Å². The van der Waals surface area contributed by atoms with E-state index in [-0.39, 0.29) is 12.8 Å². The Morgan fingerprint density at radius 2 is 1.72 bits per heavy atom. The number of carboxylic acid groups (broad SMARTS) is 1. The van der Waals surface area contributed by atoms with Crippen molar-refractivity contribution in [2.45, 2.75) is 25.3 Å². The number of amides is 4. The van der Waals surface area contributed by atoms with Gasteiger partial charge >= 0.3 is 12.0 Å². The Kier molecular flexibility index (Phi) is 5.63. The van der Waals surface area contributed by atoms with E-state index in [0.717, 1.165) is 10.5 Å². The third-order valence-corrected chi connectivity index (χ3v) is 4.88. The van der Waals surface area contributed by atoms with Gasteiger partial charge in [0, 0.05) is 12.1 Å². The number of rotatable bonds is 7. The molecule has 150 valence electrons. The average molecular weight is 395 g/mol. The molecule has 3 rings (SSSR count). The SMILES string of the molecule is Cc1ccccc1NC(=O)CN1C(=O)NC(CCC(=O)O)(c2ccccc2)C1=O. The number of carboxylic acids is 1. The van der Waals surface area contributed by atoms with Crippen LogP contribution >= 0.6 is 0 Å². The first-order chi connectivity index (χ1) is 13.8. The van der Waals surface area contributed by atoms with Crippen molar-refractivity contribution in [1.29, 1.82) is 0 Å². The number of hydrogen-bond acceptors (Lipinski definition) is 4. The molecule has 0 bridgehead atoms. The summed E-state index contributed by atoms with van der Waals surface area (Å²) in [7, 11) is 0. The molecule has 2 aromatic carbocycles. The van der Waals surface area contributed by atoms with Gasteiger partial charge in [-0.15, -0.1) is 0 Å². The number of para-hydroxylation sites is 1. The molecule has 1 fully saturated rings. The molecule has 1 atom stereocenters. The van der Waals surface area contributed by atoms with Crippen molar-refractivity contribution in [3.63, 3.8) is 0 Å². The Balaban J connectivity index is 1.83. The summed E-state index contributed by atoms with van der Waals surface area (Å²) in [6, 6.07) is 14.9. The molecule has 1 aliphatic rings. The molecule has 2 aromatic rings. The van der Waals surface area contributed by atoms with E-state index >= 15 is 0 Å². The minimum Gasteiger partial charge on any atom is -0.481 e. The Morgan fingerprint density at radius 1 is 1.07 bits per heavy atom. The first-order valence-corrected chi connectivity index (χ1v) is 9.10. The van der Waals surface area contributed by atoms with E-state index in [1.54, 1.807) is 42.5 Å². The van der Waals surface area contributed by atoms with E-state index in [4.69, 9.17) is 5.11 Å². The fraction of sp³-hybridized carbons (Fsp3) is 0.238. The van der Waals surface area contributed by atoms with Crippen molar-refractivity contribution in [3.8, 4) is 0 Å². The van der Waals surface area contributed by atoms with Crippen molar-refractivity contribution in [3.05, 3.63) is 65.7 Å². The lowest BCUT2D eigenvalue weighted by Gasteiger charge is -2.26. The number of urea groups is 1. The van der Waals surface area contributed by atoms with Crippen LogP contribution in [0.5, 0.6) is 0 Å². The Hall–Kier alpha value is -3.68. The molecule has 0 aromatic heterocycles. The molecule has 8 nitrogen and oxygen atoms in total. The maximum atomic E-state index is 13.2. The minimum atomic E-state index is -1.51. The van der Waals surface area contributed by atoms with Gasteiger partial charge in [-0.2, -0.15) is 0 Å². The Morgan fingerprint density at radius 3 is 2.38 bits per heavy atom. The number of carbonyl (C=O) groups is 4. The van der Waals surface area contributed by atoms with Crippen LogP contribution in [0.4, 0.5) is 10.5 Å². The summed E-state index contributed by atoms with van der Waals surface area (Å²) in [5.74, 6) is -2.25. The van der Waals surface area contributed by atoms with Gasteiger partial charge in [-0.25, -0.2) is 4.79 Å². The van der Waals surface area contributed by atoms with E-state index in [2.05, 4.69) is 10.6 Å². The van der Waals surface area contributed by atoms with Gasteiger partial charge in [0.1, 0.15) is 12.1 Å². The van der Waals surface area contributed by atoms with Gasteiger partial charge in [0.25, 0.3) is 5.91 Å². The molecule has 1 aliphatic heterocycles. The number of aryl methyl sites for hydroxylation is 1. The zero-order valence-corrected chi connectivity index (χ0v) is 15.8. The molecule has 29 heavy (non-hydrogen) atoms. The fourth-order valence-electron chi connectivity index (χ4n) is 3.34. The molecular formula is C21H21N3O5. The van der Waals surface area contributed by atoms with Crippen LogP contribution in [0.3, 0.4) is 0 Å². The smallest absolute Gasteiger partial charge is 0.325 e. The second-order valence-electron chi connectivity index (χ2n) is 6.85. The second-order valence-corrected chi connectivity index (χ2v) is 6.85. The summed E-state index contributed by atoms with van der Waals surface area (Å²) in [6.07, 6.45) is -0.434. The number of carbonyl (C=O) groups excluding carboxylic acids is 3. The summed E-state index contributed by atoms with van der Waals surface area (Å²) >= 11 is 0. The van der Waals surface area contributed by atoms with Crippen LogP contribution in [0.25, 0.3) is 0 Å². The first-order valence-electron chi connectivity index (χ1n) is 9.10. The first kappa shape index (κ1) is 20.1. The highest BCUT2D eigenvalue weighted by atomic mass is 16.4. The standard InChI is InChI=1S/C21H21N3O5/c1-14-7-5-6-10-16(14)22-17(25)13-24-19(28)21(23-20(24)29,12-11-18(26)27)15-8-3-2-4-9-15/h2-10H,11-13H2,1H3,(H,22,25)(H,23,29)(H,26,27). The minimum absolute atomic E-state index is 0.118. The number of anilines is 1. The number of aliphatic carboxylic acids is 1. The summed E-state index contributed by atoms with van der Waals surface area (Å²) in [6.45, 7) is 1.36. The lowest BCUT2D eigenvalue weighted by atomic mass is 9.85. The Bertz CT molecular complexity index is 960. The molecular weight excluding hydrogens is 374 g/mol. The lowest BCUT2D eigenvalue weighted by Crippen LogP contribution is -2.45. The molecule has 3 N–H and O–H groups in total. The average Bonchev–Trinajstić information content (AvgIpc) is 2.94. The topological polar surface area (TPSA) is 116 Å². The maximum Gasteiger partial charge on any atom is 0.325 e. The monoisotopic (exact) mass is 395 g/mol. The van der Waals surface area contributed by atoms with Crippen molar-refractivity contribution in [2.24, 2.45) is 0 Å². The number of imide groups is 1. The van der Waals surface area contributed by atoms with Crippen molar-refractivity contribution >= 4 is 29.5 Å². The van der Waals surface area contributed by atoms with Crippen molar-refractivity contribution in [1.82, 2.24) is 10.2 Å². The van der Waals surface area contributed by atoms with Gasteiger partial charge in [0.15, 0.2) is 0 Å². The molecule has 1 saturated heterocycles. The third-order valence-electron chi connectivity index (χ3n) is 4.88. The Labute approximate surface area is 167 Å². The van der Waals surface area contributed by atoms with Gasteiger partial charge in [-0.1, -0.05) is 48.5 Å². The predicted molar refractivity (Wildman–Crippen MR) is 105 cm³/mol. The van der Waals surface area contributed by atoms with Crippen LogP contribution in [0.2, 0.25) is 0 Å². The summed E-state index contributed by atoms with van der Waals surface area (Å²) in [5.41, 5.74) is 0.393. The van der Waals surface area contributed by atoms with Crippen molar-refractivity contribution < 1.29 is 24.3 Å². The van der Waals surface area contributed by atoms with Gasteiger partial charge in [-0.3, -0.25) is 19.3 Å².